The van der Waals surface area contributed by atoms with E-state index in [9.17, 15) is 0 Å². The molecule has 1 aliphatic rings. The highest BCUT2D eigenvalue weighted by atomic mass is 16.5. The van der Waals surface area contributed by atoms with Gasteiger partial charge >= 0.3 is 0 Å². The summed E-state index contributed by atoms with van der Waals surface area (Å²) in [4.78, 5) is 11.0. The Labute approximate surface area is 130 Å². The SMILES string of the molecule is CO[C@H]1C[C@H](c2nc(C)no2)N(CCCn2ccnc2C)C1. The van der Waals surface area contributed by atoms with Crippen molar-refractivity contribution in [2.24, 2.45) is 0 Å². The van der Waals surface area contributed by atoms with Gasteiger partial charge in [-0.25, -0.2) is 4.98 Å². The molecule has 2 atom stereocenters. The van der Waals surface area contributed by atoms with Gasteiger partial charge in [-0.05, 0) is 26.7 Å². The van der Waals surface area contributed by atoms with Crippen LogP contribution < -0.4 is 0 Å². The molecular weight excluding hydrogens is 282 g/mol. The summed E-state index contributed by atoms with van der Waals surface area (Å²) in [5.74, 6) is 2.45. The fraction of sp³-hybridized carbons (Fsp3) is 0.667. The molecule has 22 heavy (non-hydrogen) atoms. The molecule has 3 rings (SSSR count). The molecule has 0 N–H and O–H groups in total. The van der Waals surface area contributed by atoms with Gasteiger partial charge in [0.1, 0.15) is 5.82 Å². The average Bonchev–Trinajstić information content (AvgIpc) is 3.20. The van der Waals surface area contributed by atoms with Crippen molar-refractivity contribution < 1.29 is 9.26 Å². The molecular formula is C15H23N5O2. The van der Waals surface area contributed by atoms with Crippen LogP contribution in [0.2, 0.25) is 0 Å². The quantitative estimate of drug-likeness (QED) is 0.809. The number of hydrogen-bond donors (Lipinski definition) is 0. The summed E-state index contributed by atoms with van der Waals surface area (Å²) in [6.45, 7) is 6.73. The zero-order valence-electron chi connectivity index (χ0n) is 13.4. The first-order chi connectivity index (χ1) is 10.7. The molecule has 7 nitrogen and oxygen atoms in total. The molecule has 0 amide bonds. The van der Waals surface area contributed by atoms with E-state index in [4.69, 9.17) is 9.26 Å². The zero-order chi connectivity index (χ0) is 15.5. The number of aromatic nitrogens is 4. The summed E-state index contributed by atoms with van der Waals surface area (Å²) in [6.07, 6.45) is 6.05. The van der Waals surface area contributed by atoms with E-state index >= 15 is 0 Å². The Kier molecular flexibility index (Phi) is 4.54. The molecule has 1 aliphatic heterocycles. The van der Waals surface area contributed by atoms with Crippen LogP contribution in [0, 0.1) is 13.8 Å². The van der Waals surface area contributed by atoms with Gasteiger partial charge in [-0.2, -0.15) is 4.98 Å². The van der Waals surface area contributed by atoms with Crippen LogP contribution in [0.15, 0.2) is 16.9 Å². The van der Waals surface area contributed by atoms with Crippen LogP contribution in [0.4, 0.5) is 0 Å². The van der Waals surface area contributed by atoms with Crippen molar-refractivity contribution >= 4 is 0 Å². The molecule has 1 fully saturated rings. The molecule has 0 spiro atoms. The molecule has 120 valence electrons. The summed E-state index contributed by atoms with van der Waals surface area (Å²) in [7, 11) is 1.76. The summed E-state index contributed by atoms with van der Waals surface area (Å²) in [5.41, 5.74) is 0. The van der Waals surface area contributed by atoms with Gasteiger partial charge in [0.25, 0.3) is 0 Å². The highest BCUT2D eigenvalue weighted by molar-refractivity contribution is 4.98. The van der Waals surface area contributed by atoms with E-state index in [-0.39, 0.29) is 12.1 Å². The Morgan fingerprint density at radius 3 is 2.86 bits per heavy atom. The van der Waals surface area contributed by atoms with Gasteiger partial charge in [0.15, 0.2) is 5.82 Å². The zero-order valence-corrected chi connectivity index (χ0v) is 13.4. The largest absolute Gasteiger partial charge is 0.380 e. The maximum Gasteiger partial charge on any atom is 0.244 e. The van der Waals surface area contributed by atoms with E-state index in [0.717, 1.165) is 38.3 Å². The van der Waals surface area contributed by atoms with E-state index in [2.05, 4.69) is 24.6 Å². The number of nitrogens with zero attached hydrogens (tertiary/aromatic N) is 5. The molecule has 0 bridgehead atoms. The number of likely N-dealkylation sites (tertiary alicyclic amines) is 1. The number of hydrogen-bond acceptors (Lipinski definition) is 6. The first-order valence-corrected chi connectivity index (χ1v) is 7.72. The third kappa shape index (κ3) is 3.20. The Hall–Kier alpha value is -1.73. The number of aryl methyl sites for hydroxylation is 3. The molecule has 7 heteroatoms. The number of rotatable bonds is 6. The Morgan fingerprint density at radius 2 is 2.23 bits per heavy atom. The Balaban J connectivity index is 1.61. The van der Waals surface area contributed by atoms with Gasteiger partial charge < -0.3 is 13.8 Å². The van der Waals surface area contributed by atoms with Crippen LogP contribution in [-0.4, -0.2) is 50.9 Å². The molecule has 0 radical (unpaired) electrons. The summed E-state index contributed by atoms with van der Waals surface area (Å²) >= 11 is 0. The van der Waals surface area contributed by atoms with Crippen LogP contribution in [0.1, 0.15) is 36.4 Å². The summed E-state index contributed by atoms with van der Waals surface area (Å²) in [5, 5.41) is 3.91. The Morgan fingerprint density at radius 1 is 1.36 bits per heavy atom. The molecule has 0 aromatic carbocycles. The van der Waals surface area contributed by atoms with Crippen LogP contribution in [0.5, 0.6) is 0 Å². The minimum atomic E-state index is 0.162. The summed E-state index contributed by atoms with van der Waals surface area (Å²) in [6, 6.07) is 0.162. The first kappa shape index (κ1) is 15.2. The number of imidazole rings is 1. The van der Waals surface area contributed by atoms with Crippen LogP contribution in [-0.2, 0) is 11.3 Å². The fourth-order valence-corrected chi connectivity index (χ4v) is 3.07. The van der Waals surface area contributed by atoms with Crippen molar-refractivity contribution in [3.05, 3.63) is 29.9 Å². The minimum Gasteiger partial charge on any atom is -0.380 e. The van der Waals surface area contributed by atoms with E-state index in [1.165, 1.54) is 0 Å². The number of methoxy groups -OCH3 is 1. The molecule has 1 saturated heterocycles. The predicted molar refractivity (Wildman–Crippen MR) is 80.3 cm³/mol. The normalized spacial score (nSPS) is 22.5. The van der Waals surface area contributed by atoms with Crippen molar-refractivity contribution in [2.45, 2.75) is 45.4 Å². The third-order valence-electron chi connectivity index (χ3n) is 4.29. The van der Waals surface area contributed by atoms with Gasteiger partial charge in [0.2, 0.25) is 5.89 Å². The molecule has 2 aromatic rings. The minimum absolute atomic E-state index is 0.162. The van der Waals surface area contributed by atoms with E-state index in [1.807, 2.05) is 26.2 Å². The molecule has 0 saturated carbocycles. The lowest BCUT2D eigenvalue weighted by molar-refractivity contribution is 0.108. The maximum absolute atomic E-state index is 5.52. The van der Waals surface area contributed by atoms with Crippen molar-refractivity contribution in [3.63, 3.8) is 0 Å². The van der Waals surface area contributed by atoms with Gasteiger partial charge in [-0.1, -0.05) is 5.16 Å². The second kappa shape index (κ2) is 6.58. The second-order valence-electron chi connectivity index (χ2n) is 5.81. The van der Waals surface area contributed by atoms with Crippen molar-refractivity contribution in [1.29, 1.82) is 0 Å². The van der Waals surface area contributed by atoms with Crippen LogP contribution in [0.25, 0.3) is 0 Å². The smallest absolute Gasteiger partial charge is 0.244 e. The first-order valence-electron chi connectivity index (χ1n) is 7.72. The fourth-order valence-electron chi connectivity index (χ4n) is 3.07. The topological polar surface area (TPSA) is 69.2 Å². The predicted octanol–water partition coefficient (Wildman–Crippen LogP) is 1.74. The molecule has 0 unspecified atom stereocenters. The van der Waals surface area contributed by atoms with E-state index < -0.39 is 0 Å². The third-order valence-corrected chi connectivity index (χ3v) is 4.29. The van der Waals surface area contributed by atoms with Gasteiger partial charge in [-0.15, -0.1) is 0 Å². The lowest BCUT2D eigenvalue weighted by Crippen LogP contribution is -2.27. The van der Waals surface area contributed by atoms with Gasteiger partial charge in [0, 0.05) is 39.1 Å². The van der Waals surface area contributed by atoms with E-state index in [0.29, 0.717) is 11.7 Å². The van der Waals surface area contributed by atoms with E-state index in [1.54, 1.807) is 7.11 Å². The highest BCUT2D eigenvalue weighted by Crippen LogP contribution is 2.32. The van der Waals surface area contributed by atoms with Gasteiger partial charge in [0.05, 0.1) is 12.1 Å². The van der Waals surface area contributed by atoms with Crippen LogP contribution in [0.3, 0.4) is 0 Å². The molecule has 3 heterocycles. The lowest BCUT2D eigenvalue weighted by Gasteiger charge is -2.21. The standard InChI is InChI=1S/C15H23N5O2/c1-11-17-15(22-18-11)14-9-13(21-3)10-20(14)7-4-6-19-8-5-16-12(19)2/h5,8,13-14H,4,6-7,9-10H2,1-3H3/t13-,14+/m0/s1. The monoisotopic (exact) mass is 305 g/mol. The van der Waals surface area contributed by atoms with Crippen molar-refractivity contribution in [1.82, 2.24) is 24.6 Å². The second-order valence-corrected chi connectivity index (χ2v) is 5.81. The lowest BCUT2D eigenvalue weighted by atomic mass is 10.2. The van der Waals surface area contributed by atoms with Crippen molar-refractivity contribution in [3.8, 4) is 0 Å². The summed E-state index contributed by atoms with van der Waals surface area (Å²) < 4.78 is 13.1. The Bertz CT molecular complexity index is 609. The van der Waals surface area contributed by atoms with Crippen molar-refractivity contribution in [2.75, 3.05) is 20.2 Å². The average molecular weight is 305 g/mol. The molecule has 2 aromatic heterocycles. The molecule has 0 aliphatic carbocycles. The number of ether oxygens (including phenoxy) is 1. The highest BCUT2D eigenvalue weighted by Gasteiger charge is 2.36. The maximum atomic E-state index is 5.52. The van der Waals surface area contributed by atoms with Crippen LogP contribution >= 0.6 is 0 Å². The van der Waals surface area contributed by atoms with Gasteiger partial charge in [-0.3, -0.25) is 4.90 Å².